The fraction of sp³-hybridized carbons (Fsp3) is 0.111. The van der Waals surface area contributed by atoms with E-state index in [-0.39, 0.29) is 17.2 Å². The fourth-order valence-electron chi connectivity index (χ4n) is 2.25. The average Bonchev–Trinajstić information content (AvgIpc) is 3.16. The van der Waals surface area contributed by atoms with Crippen molar-refractivity contribution >= 4 is 20.6 Å². The van der Waals surface area contributed by atoms with E-state index in [4.69, 9.17) is 18.1 Å². The van der Waals surface area contributed by atoms with Gasteiger partial charge in [-0.2, -0.15) is 16.8 Å². The van der Waals surface area contributed by atoms with Gasteiger partial charge in [-0.05, 0) is 60.7 Å². The molecule has 0 spiro atoms. The maximum Gasteiger partial charge on any atom is 0.488 e. The zero-order valence-electron chi connectivity index (χ0n) is 15.3. The number of ether oxygens (including phenoxy) is 2. The molecule has 0 amide bonds. The minimum atomic E-state index is -5.13. The molecular weight excluding hydrogens is 443 g/mol. The number of halogens is 1. The highest BCUT2D eigenvalue weighted by atomic mass is 32.3. The van der Waals surface area contributed by atoms with Crippen molar-refractivity contribution < 1.29 is 43.0 Å². The lowest BCUT2D eigenvalue weighted by atomic mass is 10.3. The van der Waals surface area contributed by atoms with Gasteiger partial charge in [0.05, 0.1) is 12.5 Å². The van der Waals surface area contributed by atoms with Crippen LogP contribution in [0.15, 0.2) is 71.3 Å². The van der Waals surface area contributed by atoms with Crippen LogP contribution in [0.25, 0.3) is 0 Å². The van der Waals surface area contributed by atoms with Gasteiger partial charge < -0.3 is 22.3 Å². The van der Waals surface area contributed by atoms with E-state index in [0.29, 0.717) is 11.5 Å². The van der Waals surface area contributed by atoms with Crippen LogP contribution in [0.2, 0.25) is 0 Å². The van der Waals surface area contributed by atoms with Gasteiger partial charge in [-0.15, -0.1) is 0 Å². The normalized spacial score (nSPS) is 12.7. The molecule has 0 aliphatic carbocycles. The van der Waals surface area contributed by atoms with Gasteiger partial charge in [0.15, 0.2) is 5.76 Å². The fourth-order valence-corrected chi connectivity index (χ4v) is 3.05. The summed E-state index contributed by atoms with van der Waals surface area (Å²) in [5, 5.41) is 0. The Morgan fingerprint density at radius 1 is 0.767 bits per heavy atom. The van der Waals surface area contributed by atoms with E-state index in [1.54, 1.807) is 12.1 Å². The maximum atomic E-state index is 12.6. The van der Waals surface area contributed by atoms with Crippen molar-refractivity contribution in [1.29, 1.82) is 0 Å². The molecule has 0 saturated heterocycles. The van der Waals surface area contributed by atoms with E-state index in [1.807, 2.05) is 0 Å². The molecule has 0 aliphatic rings. The minimum absolute atomic E-state index is 0.110. The molecule has 1 aromatic heterocycles. The zero-order chi connectivity index (χ0) is 21.8. The third-order valence-electron chi connectivity index (χ3n) is 3.35. The van der Waals surface area contributed by atoms with Crippen LogP contribution in [0.5, 0.6) is 23.0 Å². The van der Waals surface area contributed by atoms with Crippen molar-refractivity contribution in [2.75, 3.05) is 6.26 Å². The molecule has 1 unspecified atom stereocenters. The van der Waals surface area contributed by atoms with Gasteiger partial charge in [0.1, 0.15) is 23.0 Å². The Bertz CT molecular complexity index is 1090. The number of rotatable bonds is 9. The van der Waals surface area contributed by atoms with Crippen LogP contribution < -0.4 is 17.8 Å². The monoisotopic (exact) mass is 458 g/mol. The molecule has 0 N–H and O–H groups in total. The van der Waals surface area contributed by atoms with Crippen molar-refractivity contribution in [3.63, 3.8) is 0 Å². The summed E-state index contributed by atoms with van der Waals surface area (Å²) < 4.78 is 81.6. The van der Waals surface area contributed by atoms with Gasteiger partial charge in [0.2, 0.25) is 0 Å². The van der Waals surface area contributed by atoms with Crippen LogP contribution in [0.1, 0.15) is 12.1 Å². The Hall–Kier alpha value is -3.25. The summed E-state index contributed by atoms with van der Waals surface area (Å²) in [6, 6.07) is 14.1. The molecule has 12 heteroatoms. The molecule has 1 atom stereocenters. The molecule has 0 aliphatic heterocycles. The minimum Gasteiger partial charge on any atom is -0.461 e. The highest BCUT2D eigenvalue weighted by molar-refractivity contribution is 7.86. The summed E-state index contributed by atoms with van der Waals surface area (Å²) in [7, 11) is -8.79. The van der Waals surface area contributed by atoms with Crippen LogP contribution in [-0.4, -0.2) is 23.1 Å². The molecule has 0 fully saturated rings. The van der Waals surface area contributed by atoms with Gasteiger partial charge >= 0.3 is 20.6 Å². The highest BCUT2D eigenvalue weighted by Crippen LogP contribution is 2.29. The molecule has 3 aromatic rings. The number of hydrogen-bond acceptors (Lipinski definition) is 9. The van der Waals surface area contributed by atoms with Crippen LogP contribution >= 0.6 is 0 Å². The maximum absolute atomic E-state index is 12.6. The van der Waals surface area contributed by atoms with Gasteiger partial charge in [0.25, 0.3) is 6.29 Å². The first-order chi connectivity index (χ1) is 14.1. The first-order valence-corrected chi connectivity index (χ1v) is 11.3. The van der Waals surface area contributed by atoms with E-state index in [1.165, 1.54) is 54.8 Å². The Balaban J connectivity index is 1.74. The van der Waals surface area contributed by atoms with Gasteiger partial charge in [-0.3, -0.25) is 0 Å². The Morgan fingerprint density at radius 3 is 1.63 bits per heavy atom. The summed E-state index contributed by atoms with van der Waals surface area (Å²) in [4.78, 5) is 0. The standard InChI is InChI=1S/C18H15FO9S2/c1-29(20,21)27-15-8-4-13(5-9-15)25-18(17-3-2-12-24-17)26-14-6-10-16(11-7-14)28-30(19,22)23/h2-12,18H,1H3. The molecule has 0 bridgehead atoms. The summed E-state index contributed by atoms with van der Waals surface area (Å²) in [5.74, 6) is 0.761. The summed E-state index contributed by atoms with van der Waals surface area (Å²) in [6.07, 6.45) is 1.30. The SMILES string of the molecule is CS(=O)(=O)Oc1ccc(OC(Oc2ccc(OS(=O)(=O)F)cc2)c2ccco2)cc1. The van der Waals surface area contributed by atoms with Gasteiger partial charge in [-0.25, -0.2) is 0 Å². The molecule has 1 heterocycles. The van der Waals surface area contributed by atoms with E-state index in [9.17, 15) is 20.7 Å². The van der Waals surface area contributed by atoms with Gasteiger partial charge in [-0.1, -0.05) is 3.89 Å². The zero-order valence-corrected chi connectivity index (χ0v) is 16.9. The second-order valence-corrected chi connectivity index (χ2v) is 8.32. The molecule has 2 aromatic carbocycles. The molecule has 0 saturated carbocycles. The van der Waals surface area contributed by atoms with Crippen molar-refractivity contribution in [2.24, 2.45) is 0 Å². The second-order valence-electron chi connectivity index (χ2n) is 5.79. The summed E-state index contributed by atoms with van der Waals surface area (Å²) >= 11 is 0. The molecule has 0 radical (unpaired) electrons. The predicted octanol–water partition coefficient (Wildman–Crippen LogP) is 3.37. The van der Waals surface area contributed by atoms with Crippen LogP contribution in [-0.2, 0) is 20.6 Å². The quantitative estimate of drug-likeness (QED) is 0.270. The molecule has 3 rings (SSSR count). The molecule has 9 nitrogen and oxygen atoms in total. The third kappa shape index (κ3) is 6.67. The lowest BCUT2D eigenvalue weighted by Crippen LogP contribution is -2.14. The predicted molar refractivity (Wildman–Crippen MR) is 102 cm³/mol. The van der Waals surface area contributed by atoms with Crippen molar-refractivity contribution in [3.8, 4) is 23.0 Å². The largest absolute Gasteiger partial charge is 0.488 e. The molecule has 30 heavy (non-hydrogen) atoms. The Morgan fingerprint density at radius 2 is 1.23 bits per heavy atom. The smallest absolute Gasteiger partial charge is 0.461 e. The van der Waals surface area contributed by atoms with Gasteiger partial charge in [0, 0.05) is 0 Å². The van der Waals surface area contributed by atoms with E-state index >= 15 is 0 Å². The first kappa shape index (κ1) is 21.5. The summed E-state index contributed by atoms with van der Waals surface area (Å²) in [5.41, 5.74) is 0. The van der Waals surface area contributed by atoms with E-state index < -0.39 is 26.9 Å². The number of benzene rings is 2. The molecule has 160 valence electrons. The van der Waals surface area contributed by atoms with Crippen LogP contribution in [0.4, 0.5) is 3.89 Å². The first-order valence-electron chi connectivity index (χ1n) is 8.18. The number of hydrogen-bond donors (Lipinski definition) is 0. The van der Waals surface area contributed by atoms with Crippen molar-refractivity contribution in [1.82, 2.24) is 0 Å². The lowest BCUT2D eigenvalue weighted by Gasteiger charge is -2.19. The van der Waals surface area contributed by atoms with Crippen LogP contribution in [0, 0.1) is 0 Å². The third-order valence-corrected chi connectivity index (χ3v) is 4.24. The lowest BCUT2D eigenvalue weighted by molar-refractivity contribution is -0.0131. The highest BCUT2D eigenvalue weighted by Gasteiger charge is 2.19. The van der Waals surface area contributed by atoms with Crippen molar-refractivity contribution in [3.05, 3.63) is 72.7 Å². The second kappa shape index (κ2) is 8.63. The average molecular weight is 458 g/mol. The topological polar surface area (TPSA) is 118 Å². The Labute approximate surface area is 172 Å². The van der Waals surface area contributed by atoms with E-state index in [0.717, 1.165) is 6.26 Å². The van der Waals surface area contributed by atoms with Crippen molar-refractivity contribution in [2.45, 2.75) is 6.29 Å². The molecular formula is C18H15FO9S2. The summed E-state index contributed by atoms with van der Waals surface area (Å²) in [6.45, 7) is 0. The van der Waals surface area contributed by atoms with E-state index in [2.05, 4.69) is 4.18 Å². The van der Waals surface area contributed by atoms with Crippen LogP contribution in [0.3, 0.4) is 0 Å². The number of furan rings is 1. The Kier molecular flexibility index (Phi) is 6.17.